The number of carbonyl (C=O) groups is 1. The van der Waals surface area contributed by atoms with Crippen molar-refractivity contribution in [2.75, 3.05) is 20.2 Å². The average molecular weight is 393 g/mol. The summed E-state index contributed by atoms with van der Waals surface area (Å²) < 4.78 is 19.4. The van der Waals surface area contributed by atoms with Gasteiger partial charge in [0.1, 0.15) is 17.2 Å². The van der Waals surface area contributed by atoms with Gasteiger partial charge in [-0.1, -0.05) is 0 Å². The van der Waals surface area contributed by atoms with Gasteiger partial charge in [0.2, 0.25) is 5.91 Å². The molecule has 1 unspecified atom stereocenters. The first-order valence-corrected chi connectivity index (χ1v) is 10.1. The van der Waals surface area contributed by atoms with Crippen LogP contribution in [0.1, 0.15) is 31.4 Å². The van der Waals surface area contributed by atoms with E-state index in [0.717, 1.165) is 48.1 Å². The van der Waals surface area contributed by atoms with E-state index in [9.17, 15) is 9.18 Å². The summed E-state index contributed by atoms with van der Waals surface area (Å²) >= 11 is 0. The van der Waals surface area contributed by atoms with Gasteiger partial charge in [-0.2, -0.15) is 0 Å². The molecule has 1 saturated carbocycles. The molecule has 2 fully saturated rings. The Bertz CT molecular complexity index is 1080. The highest BCUT2D eigenvalue weighted by Gasteiger charge is 2.42. The fourth-order valence-electron chi connectivity index (χ4n) is 5.20. The Kier molecular flexibility index (Phi) is 4.30. The van der Waals surface area contributed by atoms with Gasteiger partial charge in [0.25, 0.3) is 0 Å². The lowest BCUT2D eigenvalue weighted by molar-refractivity contribution is -0.128. The number of aromatic nitrogens is 2. The Morgan fingerprint density at radius 3 is 2.62 bits per heavy atom. The summed E-state index contributed by atoms with van der Waals surface area (Å²) in [5.41, 5.74) is 3.63. The number of hydrogen-bond donors (Lipinski definition) is 1. The maximum Gasteiger partial charge on any atom is 0.219 e. The van der Waals surface area contributed by atoms with Crippen molar-refractivity contribution in [3.8, 4) is 16.9 Å². The number of aromatic amines is 1. The second kappa shape index (κ2) is 6.87. The highest BCUT2D eigenvalue weighted by Crippen LogP contribution is 2.47. The van der Waals surface area contributed by atoms with Crippen LogP contribution in [0.15, 0.2) is 36.5 Å². The number of rotatable bonds is 3. The third kappa shape index (κ3) is 3.07. The van der Waals surface area contributed by atoms with Crippen molar-refractivity contribution in [3.63, 3.8) is 0 Å². The van der Waals surface area contributed by atoms with E-state index in [1.807, 2.05) is 11.0 Å². The highest BCUT2D eigenvalue weighted by atomic mass is 19.1. The van der Waals surface area contributed by atoms with Crippen molar-refractivity contribution in [2.45, 2.75) is 25.7 Å². The zero-order chi connectivity index (χ0) is 20.1. The van der Waals surface area contributed by atoms with Crippen molar-refractivity contribution >= 4 is 16.9 Å². The molecule has 3 atom stereocenters. The summed E-state index contributed by atoms with van der Waals surface area (Å²) in [6, 6.07) is 8.65. The van der Waals surface area contributed by atoms with Gasteiger partial charge in [0.15, 0.2) is 0 Å². The molecule has 29 heavy (non-hydrogen) atoms. The maximum atomic E-state index is 13.9. The first kappa shape index (κ1) is 18.2. The van der Waals surface area contributed by atoms with E-state index in [-0.39, 0.29) is 11.7 Å². The van der Waals surface area contributed by atoms with Crippen LogP contribution in [-0.2, 0) is 4.79 Å². The van der Waals surface area contributed by atoms with Crippen molar-refractivity contribution in [1.82, 2.24) is 14.9 Å². The predicted molar refractivity (Wildman–Crippen MR) is 109 cm³/mol. The van der Waals surface area contributed by atoms with Crippen LogP contribution in [0, 0.1) is 17.7 Å². The van der Waals surface area contributed by atoms with E-state index in [0.29, 0.717) is 23.5 Å². The van der Waals surface area contributed by atoms with E-state index in [4.69, 9.17) is 4.74 Å². The molecule has 6 heteroatoms. The van der Waals surface area contributed by atoms with Crippen LogP contribution in [0.3, 0.4) is 0 Å². The lowest BCUT2D eigenvalue weighted by Crippen LogP contribution is -2.27. The Hall–Kier alpha value is -2.89. The summed E-state index contributed by atoms with van der Waals surface area (Å²) in [6.45, 7) is 3.41. The Balaban J connectivity index is 1.48. The first-order chi connectivity index (χ1) is 14.0. The van der Waals surface area contributed by atoms with Crippen molar-refractivity contribution in [1.29, 1.82) is 0 Å². The molecule has 2 aromatic heterocycles. The molecule has 1 aromatic carbocycles. The number of pyridine rings is 1. The number of nitrogens with zero attached hydrogens (tertiary/aromatic N) is 2. The van der Waals surface area contributed by atoms with Crippen LogP contribution < -0.4 is 4.74 Å². The lowest BCUT2D eigenvalue weighted by Gasteiger charge is -2.16. The van der Waals surface area contributed by atoms with Crippen molar-refractivity contribution < 1.29 is 13.9 Å². The minimum atomic E-state index is -0.292. The van der Waals surface area contributed by atoms with Gasteiger partial charge in [-0.05, 0) is 66.5 Å². The Morgan fingerprint density at radius 2 is 1.93 bits per heavy atom. The van der Waals surface area contributed by atoms with Crippen molar-refractivity contribution in [2.24, 2.45) is 11.8 Å². The lowest BCUT2D eigenvalue weighted by atomic mass is 9.99. The zero-order valence-electron chi connectivity index (χ0n) is 16.6. The SMILES string of the molecule is COc1ccc(F)cc1-c1ccnc2[nH]c(C3C[C@@H]4CN(C(C)=O)C[C@@H]4C3)cc12. The van der Waals surface area contributed by atoms with Gasteiger partial charge in [-0.3, -0.25) is 4.79 Å². The topological polar surface area (TPSA) is 58.2 Å². The van der Waals surface area contributed by atoms with Crippen LogP contribution in [0.2, 0.25) is 0 Å². The number of likely N-dealkylation sites (tertiary alicyclic amines) is 1. The molecule has 0 spiro atoms. The van der Waals surface area contributed by atoms with Crippen LogP contribution in [0.25, 0.3) is 22.2 Å². The minimum Gasteiger partial charge on any atom is -0.496 e. The maximum absolute atomic E-state index is 13.9. The van der Waals surface area contributed by atoms with E-state index in [1.165, 1.54) is 17.8 Å². The molecular formula is C23H24FN3O2. The Labute approximate surface area is 168 Å². The molecule has 0 bridgehead atoms. The van der Waals surface area contributed by atoms with Crippen LogP contribution in [0.4, 0.5) is 4.39 Å². The Morgan fingerprint density at radius 1 is 1.17 bits per heavy atom. The van der Waals surface area contributed by atoms with Crippen LogP contribution in [-0.4, -0.2) is 41.0 Å². The molecule has 2 aliphatic rings. The number of amides is 1. The summed E-state index contributed by atoms with van der Waals surface area (Å²) in [7, 11) is 1.60. The number of halogens is 1. The molecule has 5 nitrogen and oxygen atoms in total. The molecule has 1 aliphatic carbocycles. The second-order valence-corrected chi connectivity index (χ2v) is 8.30. The quantitative estimate of drug-likeness (QED) is 0.720. The number of nitrogens with one attached hydrogen (secondary N) is 1. The molecule has 3 heterocycles. The minimum absolute atomic E-state index is 0.180. The van der Waals surface area contributed by atoms with Gasteiger partial charge in [0.05, 0.1) is 7.11 Å². The van der Waals surface area contributed by atoms with E-state index in [1.54, 1.807) is 26.3 Å². The van der Waals surface area contributed by atoms with E-state index < -0.39 is 0 Å². The largest absolute Gasteiger partial charge is 0.496 e. The molecular weight excluding hydrogens is 369 g/mol. The molecule has 1 amide bonds. The van der Waals surface area contributed by atoms with Gasteiger partial charge in [0, 0.05) is 42.9 Å². The smallest absolute Gasteiger partial charge is 0.219 e. The van der Waals surface area contributed by atoms with Crippen LogP contribution >= 0.6 is 0 Å². The third-order valence-corrected chi connectivity index (χ3v) is 6.64. The highest BCUT2D eigenvalue weighted by molar-refractivity contribution is 5.95. The molecule has 1 N–H and O–H groups in total. The third-order valence-electron chi connectivity index (χ3n) is 6.64. The number of carbonyl (C=O) groups excluding carboxylic acids is 1. The van der Waals surface area contributed by atoms with Gasteiger partial charge < -0.3 is 14.6 Å². The summed E-state index contributed by atoms with van der Waals surface area (Å²) in [5, 5.41) is 0.980. The fourth-order valence-corrected chi connectivity index (χ4v) is 5.20. The fraction of sp³-hybridized carbons (Fsp3) is 0.391. The number of methoxy groups -OCH3 is 1. The number of benzene rings is 1. The second-order valence-electron chi connectivity index (χ2n) is 8.30. The zero-order valence-corrected chi connectivity index (χ0v) is 16.6. The molecule has 0 radical (unpaired) electrons. The number of hydrogen-bond acceptors (Lipinski definition) is 3. The molecule has 5 rings (SSSR count). The van der Waals surface area contributed by atoms with E-state index >= 15 is 0 Å². The van der Waals surface area contributed by atoms with Gasteiger partial charge in [-0.15, -0.1) is 0 Å². The molecule has 3 aromatic rings. The molecule has 1 saturated heterocycles. The number of H-pyrrole nitrogens is 1. The summed E-state index contributed by atoms with van der Waals surface area (Å²) in [5.74, 6) is 2.12. The predicted octanol–water partition coefficient (Wildman–Crippen LogP) is 4.35. The van der Waals surface area contributed by atoms with Gasteiger partial charge in [-0.25, -0.2) is 9.37 Å². The number of fused-ring (bicyclic) bond motifs is 2. The van der Waals surface area contributed by atoms with Crippen molar-refractivity contribution in [3.05, 3.63) is 48.0 Å². The molecule has 150 valence electrons. The van der Waals surface area contributed by atoms with Gasteiger partial charge >= 0.3 is 0 Å². The van der Waals surface area contributed by atoms with Crippen LogP contribution in [0.5, 0.6) is 5.75 Å². The normalized spacial score (nSPS) is 23.6. The first-order valence-electron chi connectivity index (χ1n) is 10.1. The molecule has 1 aliphatic heterocycles. The average Bonchev–Trinajstić information content (AvgIpc) is 3.39. The van der Waals surface area contributed by atoms with E-state index in [2.05, 4.69) is 16.0 Å². The number of ether oxygens (including phenoxy) is 1. The summed E-state index contributed by atoms with van der Waals surface area (Å²) in [6.07, 6.45) is 3.91. The summed E-state index contributed by atoms with van der Waals surface area (Å²) in [4.78, 5) is 21.6. The monoisotopic (exact) mass is 393 g/mol. The standard InChI is InChI=1S/C23H24FN3O2/c1-13(28)27-11-15-7-14(8-16(15)12-27)21-10-20-18(5-6-25-23(20)26-21)19-9-17(24)3-4-22(19)29-2/h3-6,9-10,14-16H,7-8,11-12H2,1-2H3,(H,25,26)/t14?,15-,16+.